The summed E-state index contributed by atoms with van der Waals surface area (Å²) in [5.41, 5.74) is 1.07. The van der Waals surface area contributed by atoms with Gasteiger partial charge in [0.2, 0.25) is 5.91 Å². The third-order valence-electron chi connectivity index (χ3n) is 5.59. The highest BCUT2D eigenvalue weighted by Gasteiger charge is 2.32. The molecule has 1 aromatic rings. The molecule has 0 saturated carbocycles. The molecule has 2 fully saturated rings. The van der Waals surface area contributed by atoms with E-state index >= 15 is 0 Å². The normalized spacial score (nSPS) is 21.8. The zero-order valence-electron chi connectivity index (χ0n) is 16.7. The minimum Gasteiger partial charge on any atom is -0.348 e. The molecule has 8 heteroatoms. The monoisotopic (exact) mass is 408 g/mol. The minimum absolute atomic E-state index is 0.0276. The Bertz CT molecular complexity index is 725. The molecule has 28 heavy (non-hydrogen) atoms. The minimum atomic E-state index is -3.38. The van der Waals surface area contributed by atoms with Crippen LogP contribution >= 0.6 is 0 Å². The zero-order chi connectivity index (χ0) is 20.0. The van der Waals surface area contributed by atoms with E-state index in [9.17, 15) is 13.2 Å². The highest BCUT2D eigenvalue weighted by atomic mass is 32.2. The maximum atomic E-state index is 12.9. The largest absolute Gasteiger partial charge is 0.348 e. The van der Waals surface area contributed by atoms with Crippen molar-refractivity contribution in [2.45, 2.75) is 38.6 Å². The molecule has 2 aliphatic heterocycles. The van der Waals surface area contributed by atoms with Crippen LogP contribution in [0.15, 0.2) is 30.3 Å². The van der Waals surface area contributed by atoms with Crippen LogP contribution in [0, 0.1) is 0 Å². The summed E-state index contributed by atoms with van der Waals surface area (Å²) < 4.78 is 29.0. The average Bonchev–Trinajstić information content (AvgIpc) is 2.99. The van der Waals surface area contributed by atoms with Gasteiger partial charge in [0.15, 0.2) is 0 Å². The topological polar surface area (TPSA) is 73.0 Å². The highest BCUT2D eigenvalue weighted by Crippen LogP contribution is 2.18. The fourth-order valence-corrected chi connectivity index (χ4v) is 5.54. The summed E-state index contributed by atoms with van der Waals surface area (Å²) in [5, 5.41) is 3.02. The van der Waals surface area contributed by atoms with E-state index in [0.717, 1.165) is 31.2 Å². The number of carbonyl (C=O) groups is 1. The average molecular weight is 409 g/mol. The Morgan fingerprint density at radius 1 is 0.929 bits per heavy atom. The Morgan fingerprint density at radius 3 is 2.11 bits per heavy atom. The van der Waals surface area contributed by atoms with Gasteiger partial charge in [-0.2, -0.15) is 17.0 Å². The molecule has 1 N–H and O–H groups in total. The number of nitrogens with one attached hydrogen (secondary N) is 1. The van der Waals surface area contributed by atoms with Crippen LogP contribution in [-0.2, 0) is 15.0 Å². The first-order valence-corrected chi connectivity index (χ1v) is 11.7. The first kappa shape index (κ1) is 21.2. The summed E-state index contributed by atoms with van der Waals surface area (Å²) in [5.74, 6) is -0.0276. The molecule has 1 amide bonds. The van der Waals surface area contributed by atoms with Crippen LogP contribution in [0.3, 0.4) is 0 Å². The lowest BCUT2D eigenvalue weighted by atomic mass is 10.1. The Hall–Kier alpha value is -1.48. The molecule has 0 aliphatic carbocycles. The lowest BCUT2D eigenvalue weighted by Crippen LogP contribution is -2.54. The molecule has 3 rings (SSSR count). The number of carbonyl (C=O) groups excluding carboxylic acids is 1. The number of rotatable bonds is 6. The Kier molecular flexibility index (Phi) is 7.45. The maximum Gasteiger partial charge on any atom is 0.282 e. The van der Waals surface area contributed by atoms with Gasteiger partial charge in [-0.15, -0.1) is 0 Å². The number of amides is 1. The van der Waals surface area contributed by atoms with Crippen LogP contribution in [-0.4, -0.2) is 73.6 Å². The molecule has 1 aromatic carbocycles. The van der Waals surface area contributed by atoms with Crippen molar-refractivity contribution in [1.82, 2.24) is 18.8 Å². The number of piperazine rings is 1. The summed E-state index contributed by atoms with van der Waals surface area (Å²) in [6, 6.07) is 9.83. The van der Waals surface area contributed by atoms with Gasteiger partial charge >= 0.3 is 0 Å². The third-order valence-corrected chi connectivity index (χ3v) is 7.63. The number of hydrogen-bond acceptors (Lipinski definition) is 4. The van der Waals surface area contributed by atoms with Gasteiger partial charge in [-0.25, -0.2) is 0 Å². The van der Waals surface area contributed by atoms with E-state index in [1.54, 1.807) is 8.61 Å². The molecule has 0 bridgehead atoms. The fraction of sp³-hybridized carbons (Fsp3) is 0.650. The third kappa shape index (κ3) is 5.53. The first-order chi connectivity index (χ1) is 13.5. The SMILES string of the molecule is CC(NC(=O)CN1CCN(S(=O)(=O)N2CCCCCC2)CC1)c1ccccc1. The summed E-state index contributed by atoms with van der Waals surface area (Å²) in [7, 11) is -3.38. The van der Waals surface area contributed by atoms with E-state index in [0.29, 0.717) is 45.8 Å². The molecule has 1 atom stereocenters. The molecular weight excluding hydrogens is 376 g/mol. The van der Waals surface area contributed by atoms with Crippen molar-refractivity contribution in [3.8, 4) is 0 Å². The number of nitrogens with zero attached hydrogens (tertiary/aromatic N) is 3. The van der Waals surface area contributed by atoms with Gasteiger partial charge in [-0.05, 0) is 25.3 Å². The molecule has 0 radical (unpaired) electrons. The smallest absolute Gasteiger partial charge is 0.282 e. The van der Waals surface area contributed by atoms with Gasteiger partial charge in [0.05, 0.1) is 12.6 Å². The summed E-state index contributed by atoms with van der Waals surface area (Å²) in [4.78, 5) is 14.4. The molecule has 0 aromatic heterocycles. The van der Waals surface area contributed by atoms with Crippen molar-refractivity contribution in [2.75, 3.05) is 45.8 Å². The fourth-order valence-electron chi connectivity index (χ4n) is 3.87. The van der Waals surface area contributed by atoms with Crippen molar-refractivity contribution < 1.29 is 13.2 Å². The second-order valence-electron chi connectivity index (χ2n) is 7.70. The van der Waals surface area contributed by atoms with Gasteiger partial charge in [-0.3, -0.25) is 9.69 Å². The molecule has 0 spiro atoms. The van der Waals surface area contributed by atoms with Gasteiger partial charge in [0.25, 0.3) is 10.2 Å². The lowest BCUT2D eigenvalue weighted by Gasteiger charge is -2.36. The van der Waals surface area contributed by atoms with Crippen molar-refractivity contribution in [1.29, 1.82) is 0 Å². The van der Waals surface area contributed by atoms with Crippen LogP contribution in [0.2, 0.25) is 0 Å². The lowest BCUT2D eigenvalue weighted by molar-refractivity contribution is -0.123. The van der Waals surface area contributed by atoms with Crippen LogP contribution in [0.4, 0.5) is 0 Å². The molecule has 2 heterocycles. The Labute approximate surface area is 168 Å². The first-order valence-electron chi connectivity index (χ1n) is 10.3. The summed E-state index contributed by atoms with van der Waals surface area (Å²) >= 11 is 0. The standard InChI is InChI=1S/C20H32N4O3S/c1-18(19-9-5-4-6-10-19)21-20(25)17-22-13-15-24(16-14-22)28(26,27)23-11-7-2-3-8-12-23/h4-6,9-10,18H,2-3,7-8,11-17H2,1H3,(H,21,25). The van der Waals surface area contributed by atoms with Gasteiger partial charge < -0.3 is 5.32 Å². The quantitative estimate of drug-likeness (QED) is 0.776. The van der Waals surface area contributed by atoms with E-state index in [4.69, 9.17) is 0 Å². The van der Waals surface area contributed by atoms with Gasteiger partial charge in [-0.1, -0.05) is 43.2 Å². The second kappa shape index (κ2) is 9.82. The molecule has 7 nitrogen and oxygen atoms in total. The van der Waals surface area contributed by atoms with Gasteiger partial charge in [0.1, 0.15) is 0 Å². The second-order valence-corrected chi connectivity index (χ2v) is 9.62. The zero-order valence-corrected chi connectivity index (χ0v) is 17.5. The Balaban J connectivity index is 1.46. The molecule has 2 aliphatic rings. The van der Waals surface area contributed by atoms with E-state index in [-0.39, 0.29) is 11.9 Å². The van der Waals surface area contributed by atoms with Crippen molar-refractivity contribution in [3.63, 3.8) is 0 Å². The summed E-state index contributed by atoms with van der Waals surface area (Å²) in [6.45, 7) is 5.58. The molecular formula is C20H32N4O3S. The molecule has 1 unspecified atom stereocenters. The van der Waals surface area contributed by atoms with Crippen LogP contribution in [0.1, 0.15) is 44.2 Å². The highest BCUT2D eigenvalue weighted by molar-refractivity contribution is 7.86. The van der Waals surface area contributed by atoms with Gasteiger partial charge in [0, 0.05) is 39.3 Å². The maximum absolute atomic E-state index is 12.9. The van der Waals surface area contributed by atoms with Crippen molar-refractivity contribution >= 4 is 16.1 Å². The van der Waals surface area contributed by atoms with Crippen LogP contribution in [0.5, 0.6) is 0 Å². The Morgan fingerprint density at radius 2 is 1.50 bits per heavy atom. The summed E-state index contributed by atoms with van der Waals surface area (Å²) in [6.07, 6.45) is 4.10. The van der Waals surface area contributed by atoms with E-state index in [2.05, 4.69) is 5.32 Å². The predicted octanol–water partition coefficient (Wildman–Crippen LogP) is 1.60. The van der Waals surface area contributed by atoms with E-state index in [1.807, 2.05) is 42.2 Å². The van der Waals surface area contributed by atoms with E-state index in [1.165, 1.54) is 0 Å². The molecule has 156 valence electrons. The van der Waals surface area contributed by atoms with Crippen LogP contribution < -0.4 is 5.32 Å². The van der Waals surface area contributed by atoms with Crippen LogP contribution in [0.25, 0.3) is 0 Å². The number of benzene rings is 1. The predicted molar refractivity (Wildman–Crippen MR) is 110 cm³/mol. The molecule has 2 saturated heterocycles. The number of hydrogen-bond donors (Lipinski definition) is 1. The van der Waals surface area contributed by atoms with E-state index < -0.39 is 10.2 Å². The van der Waals surface area contributed by atoms with Crippen molar-refractivity contribution in [2.24, 2.45) is 0 Å². The van der Waals surface area contributed by atoms with Crippen molar-refractivity contribution in [3.05, 3.63) is 35.9 Å².